The Bertz CT molecular complexity index is 627. The average molecular weight is 326 g/mol. The summed E-state index contributed by atoms with van der Waals surface area (Å²) in [6, 6.07) is 5.97. The third-order valence-electron chi connectivity index (χ3n) is 2.53. The number of halogens is 6. The van der Waals surface area contributed by atoms with Crippen molar-refractivity contribution in [1.29, 1.82) is 0 Å². The zero-order valence-electron chi connectivity index (χ0n) is 9.23. The number of alkyl halides is 2. The van der Waals surface area contributed by atoms with Crippen LogP contribution in [0.15, 0.2) is 30.3 Å². The topological polar surface area (TPSA) is 0 Å². The van der Waals surface area contributed by atoms with Crippen molar-refractivity contribution in [3.05, 3.63) is 56.8 Å². The molecule has 0 aromatic heterocycles. The minimum absolute atomic E-state index is 0.0683. The van der Waals surface area contributed by atoms with E-state index in [-0.39, 0.29) is 26.2 Å². The number of rotatable bonds is 2. The number of hydrogen-bond acceptors (Lipinski definition) is 0. The van der Waals surface area contributed by atoms with Gasteiger partial charge in [0.2, 0.25) is 0 Å². The minimum atomic E-state index is -2.73. The maximum Gasteiger partial charge on any atom is 0.263 e. The van der Waals surface area contributed by atoms with Gasteiger partial charge in [0.1, 0.15) is 5.82 Å². The average Bonchev–Trinajstić information content (AvgIpc) is 2.33. The van der Waals surface area contributed by atoms with Crippen LogP contribution in [0.3, 0.4) is 0 Å². The van der Waals surface area contributed by atoms with E-state index in [1.807, 2.05) is 0 Å². The number of hydrogen-bond donors (Lipinski definition) is 0. The zero-order valence-corrected chi connectivity index (χ0v) is 11.5. The van der Waals surface area contributed by atoms with E-state index < -0.39 is 17.8 Å². The summed E-state index contributed by atoms with van der Waals surface area (Å²) < 4.78 is 38.8. The van der Waals surface area contributed by atoms with Crippen LogP contribution < -0.4 is 0 Å². The highest BCUT2D eigenvalue weighted by Gasteiger charge is 2.15. The lowest BCUT2D eigenvalue weighted by molar-refractivity contribution is 0.151. The first kappa shape index (κ1) is 14.5. The molecular weight excluding hydrogens is 319 g/mol. The molecule has 6 heteroatoms. The Balaban J connectivity index is 2.60. The molecule has 0 nitrogen and oxygen atoms in total. The van der Waals surface area contributed by atoms with E-state index in [0.29, 0.717) is 0 Å². The Hall–Kier alpha value is -0.900. The van der Waals surface area contributed by atoms with Gasteiger partial charge in [-0.15, -0.1) is 0 Å². The lowest BCUT2D eigenvalue weighted by Gasteiger charge is -2.09. The first-order valence-electron chi connectivity index (χ1n) is 5.12. The third-order valence-corrected chi connectivity index (χ3v) is 3.55. The Labute approximate surface area is 122 Å². The molecule has 100 valence electrons. The summed E-state index contributed by atoms with van der Waals surface area (Å²) in [7, 11) is 0. The van der Waals surface area contributed by atoms with Crippen molar-refractivity contribution in [3.8, 4) is 11.1 Å². The zero-order chi connectivity index (χ0) is 14.2. The second kappa shape index (κ2) is 5.61. The highest BCUT2D eigenvalue weighted by Crippen LogP contribution is 2.38. The summed E-state index contributed by atoms with van der Waals surface area (Å²) in [5, 5.41) is 0.568. The van der Waals surface area contributed by atoms with Crippen molar-refractivity contribution in [2.45, 2.75) is 6.43 Å². The van der Waals surface area contributed by atoms with Crippen LogP contribution in [0.5, 0.6) is 0 Å². The summed E-state index contributed by atoms with van der Waals surface area (Å²) in [5.74, 6) is -0.807. The van der Waals surface area contributed by atoms with Gasteiger partial charge in [0.25, 0.3) is 6.43 Å². The first-order chi connectivity index (χ1) is 8.90. The van der Waals surface area contributed by atoms with Gasteiger partial charge in [-0.25, -0.2) is 13.2 Å². The van der Waals surface area contributed by atoms with Crippen molar-refractivity contribution < 1.29 is 13.2 Å². The third kappa shape index (κ3) is 2.99. The molecule has 0 saturated carbocycles. The summed E-state index contributed by atoms with van der Waals surface area (Å²) in [4.78, 5) is 0. The molecule has 0 unspecified atom stereocenters. The van der Waals surface area contributed by atoms with Crippen LogP contribution in [0.2, 0.25) is 15.1 Å². The van der Waals surface area contributed by atoms with Crippen molar-refractivity contribution in [3.63, 3.8) is 0 Å². The molecule has 0 amide bonds. The maximum atomic E-state index is 13.9. The smallest absolute Gasteiger partial charge is 0.206 e. The van der Waals surface area contributed by atoms with Gasteiger partial charge in [-0.2, -0.15) is 0 Å². The SMILES string of the molecule is Fc1cc(C(F)F)ccc1-c1cc(Cl)cc(Cl)c1Cl. The Morgan fingerprint density at radius 2 is 1.58 bits per heavy atom. The van der Waals surface area contributed by atoms with Crippen LogP contribution in [-0.2, 0) is 0 Å². The molecule has 0 atom stereocenters. The van der Waals surface area contributed by atoms with Gasteiger partial charge in [-0.1, -0.05) is 46.9 Å². The normalized spacial score (nSPS) is 11.1. The first-order valence-corrected chi connectivity index (χ1v) is 6.26. The fraction of sp³-hybridized carbons (Fsp3) is 0.0769. The highest BCUT2D eigenvalue weighted by molar-refractivity contribution is 6.45. The van der Waals surface area contributed by atoms with Gasteiger partial charge in [-0.3, -0.25) is 0 Å². The van der Waals surface area contributed by atoms with Gasteiger partial charge in [-0.05, 0) is 18.2 Å². The fourth-order valence-electron chi connectivity index (χ4n) is 1.64. The monoisotopic (exact) mass is 324 g/mol. The molecule has 0 radical (unpaired) electrons. The van der Waals surface area contributed by atoms with E-state index in [9.17, 15) is 13.2 Å². The van der Waals surface area contributed by atoms with E-state index in [1.54, 1.807) is 0 Å². The van der Waals surface area contributed by atoms with Crippen LogP contribution in [0.25, 0.3) is 11.1 Å². The van der Waals surface area contributed by atoms with E-state index in [2.05, 4.69) is 0 Å². The van der Waals surface area contributed by atoms with Crippen LogP contribution >= 0.6 is 34.8 Å². The molecule has 2 rings (SSSR count). The summed E-state index contributed by atoms with van der Waals surface area (Å²) in [5.41, 5.74) is -0.0678. The van der Waals surface area contributed by atoms with Crippen molar-refractivity contribution in [1.82, 2.24) is 0 Å². The van der Waals surface area contributed by atoms with Crippen LogP contribution in [0.4, 0.5) is 13.2 Å². The van der Waals surface area contributed by atoms with E-state index in [1.165, 1.54) is 18.2 Å². The Morgan fingerprint density at radius 1 is 0.895 bits per heavy atom. The molecule has 19 heavy (non-hydrogen) atoms. The second-order valence-electron chi connectivity index (χ2n) is 3.79. The standard InChI is InChI=1S/C13H6Cl3F3/c14-7-4-9(12(16)10(15)5-7)8-2-1-6(13(18)19)3-11(8)17/h1-5,13H. The van der Waals surface area contributed by atoms with Crippen molar-refractivity contribution in [2.75, 3.05) is 0 Å². The van der Waals surface area contributed by atoms with E-state index >= 15 is 0 Å². The molecule has 0 fully saturated rings. The van der Waals surface area contributed by atoms with Crippen molar-refractivity contribution in [2.24, 2.45) is 0 Å². The van der Waals surface area contributed by atoms with Crippen molar-refractivity contribution >= 4 is 34.8 Å². The van der Waals surface area contributed by atoms with Crippen LogP contribution in [-0.4, -0.2) is 0 Å². The molecule has 0 aliphatic heterocycles. The molecule has 0 heterocycles. The molecule has 2 aromatic carbocycles. The summed E-state index contributed by atoms with van der Waals surface area (Å²) in [6.07, 6.45) is -2.73. The molecule has 2 aromatic rings. The quantitative estimate of drug-likeness (QED) is 0.561. The maximum absolute atomic E-state index is 13.9. The lowest BCUT2D eigenvalue weighted by Crippen LogP contribution is -1.91. The van der Waals surface area contributed by atoms with E-state index in [0.717, 1.165) is 12.1 Å². The highest BCUT2D eigenvalue weighted by atomic mass is 35.5. The fourth-order valence-corrected chi connectivity index (χ4v) is 2.34. The van der Waals surface area contributed by atoms with Gasteiger partial charge in [0, 0.05) is 21.7 Å². The molecule has 0 aliphatic rings. The van der Waals surface area contributed by atoms with Crippen LogP contribution in [0, 0.1) is 5.82 Å². The second-order valence-corrected chi connectivity index (χ2v) is 5.01. The van der Waals surface area contributed by atoms with Gasteiger partial charge < -0.3 is 0 Å². The predicted octanol–water partition coefficient (Wildman–Crippen LogP) is 6.39. The minimum Gasteiger partial charge on any atom is -0.206 e. The Kier molecular flexibility index (Phi) is 4.29. The molecule has 0 spiro atoms. The molecular formula is C13H6Cl3F3. The predicted molar refractivity (Wildman–Crippen MR) is 71.8 cm³/mol. The molecule has 0 saturated heterocycles. The largest absolute Gasteiger partial charge is 0.263 e. The lowest BCUT2D eigenvalue weighted by atomic mass is 10.0. The summed E-state index contributed by atoms with van der Waals surface area (Å²) >= 11 is 17.6. The van der Waals surface area contributed by atoms with Gasteiger partial charge in [0.05, 0.1) is 10.0 Å². The summed E-state index contributed by atoms with van der Waals surface area (Å²) in [6.45, 7) is 0. The molecule has 0 aliphatic carbocycles. The molecule has 0 bridgehead atoms. The van der Waals surface area contributed by atoms with E-state index in [4.69, 9.17) is 34.8 Å². The number of benzene rings is 2. The van der Waals surface area contributed by atoms with Gasteiger partial charge in [0.15, 0.2) is 0 Å². The Morgan fingerprint density at radius 3 is 2.16 bits per heavy atom. The van der Waals surface area contributed by atoms with Crippen LogP contribution in [0.1, 0.15) is 12.0 Å². The molecule has 0 N–H and O–H groups in total. The van der Waals surface area contributed by atoms with Gasteiger partial charge >= 0.3 is 0 Å².